The van der Waals surface area contributed by atoms with Crippen LogP contribution in [-0.2, 0) is 0 Å². The normalized spacial score (nSPS) is 12.9. The van der Waals surface area contributed by atoms with Gasteiger partial charge in [-0.25, -0.2) is 4.98 Å². The summed E-state index contributed by atoms with van der Waals surface area (Å²) in [4.78, 5) is 17.9. The molecule has 0 spiro atoms. The Morgan fingerprint density at radius 2 is 1.81 bits per heavy atom. The van der Waals surface area contributed by atoms with E-state index in [-0.39, 0.29) is 5.91 Å². The smallest absolute Gasteiger partial charge is 0.259 e. The van der Waals surface area contributed by atoms with Crippen LogP contribution in [0.3, 0.4) is 0 Å². The van der Waals surface area contributed by atoms with Crippen molar-refractivity contribution in [2.45, 2.75) is 20.8 Å². The lowest BCUT2D eigenvalue weighted by molar-refractivity contribution is 0.102. The first-order valence-electron chi connectivity index (χ1n) is 9.65. The van der Waals surface area contributed by atoms with Gasteiger partial charge in [0.15, 0.2) is 11.5 Å². The van der Waals surface area contributed by atoms with E-state index in [4.69, 9.17) is 18.4 Å². The number of amides is 1. The van der Waals surface area contributed by atoms with Crippen LogP contribution in [0.15, 0.2) is 37.7 Å². The maximum atomic E-state index is 13.3. The highest BCUT2D eigenvalue weighted by Gasteiger charge is 2.23. The fourth-order valence-electron chi connectivity index (χ4n) is 3.65. The molecule has 1 aliphatic heterocycles. The van der Waals surface area contributed by atoms with Gasteiger partial charge < -0.3 is 23.7 Å². The highest BCUT2D eigenvalue weighted by molar-refractivity contribution is 9.10. The molecule has 1 aliphatic rings. The molecule has 1 N–H and O–H groups in total. The third-order valence-corrected chi connectivity index (χ3v) is 5.71. The second-order valence-electron chi connectivity index (χ2n) is 7.26. The molecule has 9 heteroatoms. The van der Waals surface area contributed by atoms with E-state index in [9.17, 15) is 4.79 Å². The van der Waals surface area contributed by atoms with Crippen LogP contribution in [0, 0.1) is 20.8 Å². The Labute approximate surface area is 185 Å². The SMILES string of the molecule is Cc1cc(-c2cc(C(=O)Nc3cc4c(cc3Br)OCCO4)c3c(C)noc3n2)c(C)o1. The van der Waals surface area contributed by atoms with Gasteiger partial charge in [-0.2, -0.15) is 0 Å². The Hall–Kier alpha value is -3.33. The predicted octanol–water partition coefficient (Wildman–Crippen LogP) is 5.19. The van der Waals surface area contributed by atoms with Crippen molar-refractivity contribution in [2.75, 3.05) is 18.5 Å². The van der Waals surface area contributed by atoms with Crippen LogP contribution in [0.5, 0.6) is 11.5 Å². The highest BCUT2D eigenvalue weighted by Crippen LogP contribution is 2.39. The Kier molecular flexibility index (Phi) is 4.70. The summed E-state index contributed by atoms with van der Waals surface area (Å²) in [5.74, 6) is 2.35. The zero-order chi connectivity index (χ0) is 21.7. The van der Waals surface area contributed by atoms with Crippen LogP contribution in [-0.4, -0.2) is 29.3 Å². The number of furan rings is 1. The zero-order valence-electron chi connectivity index (χ0n) is 17.0. The van der Waals surface area contributed by atoms with Gasteiger partial charge in [0.25, 0.3) is 11.6 Å². The van der Waals surface area contributed by atoms with Crippen LogP contribution in [0.25, 0.3) is 22.4 Å². The molecule has 158 valence electrons. The van der Waals surface area contributed by atoms with Gasteiger partial charge in [-0.3, -0.25) is 4.79 Å². The first-order chi connectivity index (χ1) is 14.9. The molecule has 8 nitrogen and oxygen atoms in total. The maximum absolute atomic E-state index is 13.3. The number of nitrogens with one attached hydrogen (secondary N) is 1. The summed E-state index contributed by atoms with van der Waals surface area (Å²) in [5, 5.41) is 7.50. The van der Waals surface area contributed by atoms with Gasteiger partial charge in [-0.05, 0) is 48.8 Å². The largest absolute Gasteiger partial charge is 0.486 e. The van der Waals surface area contributed by atoms with Crippen molar-refractivity contribution in [1.29, 1.82) is 0 Å². The molecule has 0 atom stereocenters. The lowest BCUT2D eigenvalue weighted by atomic mass is 10.1. The average Bonchev–Trinajstić information content (AvgIpc) is 3.29. The third-order valence-electron chi connectivity index (χ3n) is 5.06. The van der Waals surface area contributed by atoms with E-state index in [1.165, 1.54) is 0 Å². The summed E-state index contributed by atoms with van der Waals surface area (Å²) >= 11 is 3.49. The number of ether oxygens (including phenoxy) is 2. The summed E-state index contributed by atoms with van der Waals surface area (Å²) in [6, 6.07) is 7.12. The summed E-state index contributed by atoms with van der Waals surface area (Å²) in [7, 11) is 0. The van der Waals surface area contributed by atoms with E-state index in [1.807, 2.05) is 19.9 Å². The topological polar surface area (TPSA) is 99.6 Å². The van der Waals surface area contributed by atoms with Crippen molar-refractivity contribution in [1.82, 2.24) is 10.1 Å². The fraction of sp³-hybridized carbons (Fsp3) is 0.227. The Bertz CT molecular complexity index is 1340. The molecular weight excluding hydrogens is 466 g/mol. The standard InChI is InChI=1S/C22H18BrN3O5/c1-10-6-13(12(3)30-10)16-7-14(20-11(2)26-31-22(20)25-16)21(27)24-17-9-19-18(8-15(17)23)28-4-5-29-19/h6-9H,4-5H2,1-3H3,(H,24,27). The second-order valence-corrected chi connectivity index (χ2v) is 8.11. The number of hydrogen-bond acceptors (Lipinski definition) is 7. The molecule has 0 unspecified atom stereocenters. The number of aryl methyl sites for hydroxylation is 3. The number of pyridine rings is 1. The lowest BCUT2D eigenvalue weighted by Gasteiger charge is -2.20. The minimum atomic E-state index is -0.324. The molecule has 0 saturated heterocycles. The van der Waals surface area contributed by atoms with Crippen molar-refractivity contribution < 1.29 is 23.2 Å². The molecule has 31 heavy (non-hydrogen) atoms. The van der Waals surface area contributed by atoms with E-state index >= 15 is 0 Å². The van der Waals surface area contributed by atoms with Crippen molar-refractivity contribution in [3.63, 3.8) is 0 Å². The van der Waals surface area contributed by atoms with Gasteiger partial charge >= 0.3 is 0 Å². The van der Waals surface area contributed by atoms with E-state index < -0.39 is 0 Å². The van der Waals surface area contributed by atoms with E-state index in [0.29, 0.717) is 68.7 Å². The van der Waals surface area contributed by atoms with Crippen LogP contribution in [0.1, 0.15) is 27.6 Å². The van der Waals surface area contributed by atoms with Crippen LogP contribution in [0.4, 0.5) is 5.69 Å². The first-order valence-corrected chi connectivity index (χ1v) is 10.4. The number of aromatic nitrogens is 2. The number of hydrogen-bond donors (Lipinski definition) is 1. The van der Waals surface area contributed by atoms with Gasteiger partial charge in [0.2, 0.25) is 0 Å². The van der Waals surface area contributed by atoms with Crippen LogP contribution >= 0.6 is 15.9 Å². The molecule has 1 aromatic carbocycles. The summed E-state index contributed by atoms with van der Waals surface area (Å²) in [6.07, 6.45) is 0. The number of carbonyl (C=O) groups is 1. The van der Waals surface area contributed by atoms with E-state index in [0.717, 1.165) is 11.3 Å². The lowest BCUT2D eigenvalue weighted by Crippen LogP contribution is -2.17. The van der Waals surface area contributed by atoms with Crippen LogP contribution < -0.4 is 14.8 Å². The number of halogens is 1. The molecule has 5 rings (SSSR count). The van der Waals surface area contributed by atoms with Gasteiger partial charge in [0.1, 0.15) is 24.7 Å². The Morgan fingerprint density at radius 3 is 2.52 bits per heavy atom. The summed E-state index contributed by atoms with van der Waals surface area (Å²) < 4.78 is 22.9. The van der Waals surface area contributed by atoms with Crippen LogP contribution in [0.2, 0.25) is 0 Å². The predicted molar refractivity (Wildman–Crippen MR) is 117 cm³/mol. The third kappa shape index (κ3) is 3.44. The minimum absolute atomic E-state index is 0.291. The molecule has 4 aromatic rings. The molecular formula is C22H18BrN3O5. The molecule has 0 saturated carbocycles. The highest BCUT2D eigenvalue weighted by atomic mass is 79.9. The van der Waals surface area contributed by atoms with Gasteiger partial charge in [-0.15, -0.1) is 0 Å². The number of anilines is 1. The monoisotopic (exact) mass is 483 g/mol. The molecule has 0 aliphatic carbocycles. The van der Waals surface area contributed by atoms with Crippen molar-refractivity contribution in [3.05, 3.63) is 51.5 Å². The molecule has 0 fully saturated rings. The number of carbonyl (C=O) groups excluding carboxylic acids is 1. The number of nitrogens with zero attached hydrogens (tertiary/aromatic N) is 2. The first kappa shape index (κ1) is 19.6. The quantitative estimate of drug-likeness (QED) is 0.427. The molecule has 3 aromatic heterocycles. The maximum Gasteiger partial charge on any atom is 0.259 e. The molecule has 1 amide bonds. The van der Waals surface area contributed by atoms with Gasteiger partial charge in [0.05, 0.1) is 28.0 Å². The minimum Gasteiger partial charge on any atom is -0.486 e. The zero-order valence-corrected chi connectivity index (χ0v) is 18.6. The average molecular weight is 484 g/mol. The Morgan fingerprint density at radius 1 is 1.06 bits per heavy atom. The second kappa shape index (κ2) is 7.42. The van der Waals surface area contributed by atoms with Gasteiger partial charge in [0, 0.05) is 22.2 Å². The number of benzene rings is 1. The number of fused-ring (bicyclic) bond motifs is 2. The molecule has 4 heterocycles. The number of rotatable bonds is 3. The molecule has 0 radical (unpaired) electrons. The van der Waals surface area contributed by atoms with E-state index in [2.05, 4.69) is 31.4 Å². The fourth-order valence-corrected chi connectivity index (χ4v) is 4.07. The summed E-state index contributed by atoms with van der Waals surface area (Å²) in [6.45, 7) is 6.44. The summed E-state index contributed by atoms with van der Waals surface area (Å²) in [5.41, 5.74) is 3.21. The Balaban J connectivity index is 1.58. The van der Waals surface area contributed by atoms with Crippen molar-refractivity contribution in [3.8, 4) is 22.8 Å². The van der Waals surface area contributed by atoms with Crippen molar-refractivity contribution >= 4 is 38.6 Å². The van der Waals surface area contributed by atoms with E-state index in [1.54, 1.807) is 25.1 Å². The van der Waals surface area contributed by atoms with Gasteiger partial charge in [-0.1, -0.05) is 5.16 Å². The van der Waals surface area contributed by atoms with Crippen molar-refractivity contribution in [2.24, 2.45) is 0 Å². The molecule has 0 bridgehead atoms.